The Morgan fingerprint density at radius 2 is 1.65 bits per heavy atom. The summed E-state index contributed by atoms with van der Waals surface area (Å²) >= 11 is 0. The zero-order chi connectivity index (χ0) is 12.9. The van der Waals surface area contributed by atoms with E-state index in [-0.39, 0.29) is 0 Å². The van der Waals surface area contributed by atoms with E-state index in [9.17, 15) is 5.11 Å². The third kappa shape index (κ3) is 5.85. The van der Waals surface area contributed by atoms with Gasteiger partial charge in [0.05, 0.1) is 5.60 Å². The van der Waals surface area contributed by atoms with Crippen LogP contribution in [0.15, 0.2) is 24.3 Å². The van der Waals surface area contributed by atoms with Gasteiger partial charge in [0, 0.05) is 13.1 Å². The van der Waals surface area contributed by atoms with Crippen molar-refractivity contribution >= 4 is 0 Å². The highest BCUT2D eigenvalue weighted by Gasteiger charge is 2.14. The Balaban J connectivity index is 2.39. The first-order valence-corrected chi connectivity index (χ1v) is 6.39. The molecule has 1 rings (SSSR count). The number of hydrogen-bond donors (Lipinski definition) is 1. The Kier molecular flexibility index (Phi) is 5.16. The van der Waals surface area contributed by atoms with Crippen LogP contribution in [-0.2, 0) is 12.8 Å². The molecule has 1 aromatic carbocycles. The van der Waals surface area contributed by atoms with Crippen molar-refractivity contribution in [2.45, 2.75) is 39.2 Å². The fourth-order valence-electron chi connectivity index (χ4n) is 2.00. The maximum absolute atomic E-state index is 9.71. The number of nitrogens with zero attached hydrogens (tertiary/aromatic N) is 1. The topological polar surface area (TPSA) is 23.5 Å². The highest BCUT2D eigenvalue weighted by molar-refractivity contribution is 5.22. The summed E-state index contributed by atoms with van der Waals surface area (Å²) in [6, 6.07) is 8.81. The van der Waals surface area contributed by atoms with Crippen molar-refractivity contribution in [2.75, 3.05) is 20.1 Å². The second-order valence-electron chi connectivity index (χ2n) is 5.47. The fourth-order valence-corrected chi connectivity index (χ4v) is 2.00. The second-order valence-corrected chi connectivity index (χ2v) is 5.47. The summed E-state index contributed by atoms with van der Waals surface area (Å²) < 4.78 is 0. The molecule has 2 heteroatoms. The molecule has 0 fully saturated rings. The summed E-state index contributed by atoms with van der Waals surface area (Å²) in [6.45, 7) is 7.56. The van der Waals surface area contributed by atoms with Gasteiger partial charge in [-0.15, -0.1) is 0 Å². The Morgan fingerprint density at radius 3 is 2.12 bits per heavy atom. The van der Waals surface area contributed by atoms with Gasteiger partial charge in [0.25, 0.3) is 0 Å². The predicted octanol–water partition coefficient (Wildman–Crippen LogP) is 2.49. The van der Waals surface area contributed by atoms with Crippen LogP contribution in [0.2, 0.25) is 0 Å². The summed E-state index contributed by atoms with van der Waals surface area (Å²) in [7, 11) is 2.05. The van der Waals surface area contributed by atoms with Crippen LogP contribution in [-0.4, -0.2) is 35.7 Å². The van der Waals surface area contributed by atoms with E-state index in [1.54, 1.807) is 0 Å². The summed E-state index contributed by atoms with van der Waals surface area (Å²) in [6.07, 6.45) is 2.13. The minimum atomic E-state index is -0.610. The molecule has 0 saturated heterocycles. The van der Waals surface area contributed by atoms with E-state index in [2.05, 4.69) is 43.1 Å². The molecular weight excluding hydrogens is 210 g/mol. The van der Waals surface area contributed by atoms with Gasteiger partial charge in [0.15, 0.2) is 0 Å². The maximum atomic E-state index is 9.71. The van der Waals surface area contributed by atoms with Gasteiger partial charge in [-0.3, -0.25) is 0 Å². The van der Waals surface area contributed by atoms with Crippen LogP contribution in [0.4, 0.5) is 0 Å². The van der Waals surface area contributed by atoms with Crippen LogP contribution in [0.25, 0.3) is 0 Å². The molecule has 0 heterocycles. The quantitative estimate of drug-likeness (QED) is 0.819. The summed E-state index contributed by atoms with van der Waals surface area (Å²) in [5.41, 5.74) is 2.14. The van der Waals surface area contributed by atoms with Gasteiger partial charge in [-0.1, -0.05) is 31.2 Å². The van der Waals surface area contributed by atoms with Crippen molar-refractivity contribution in [3.63, 3.8) is 0 Å². The van der Waals surface area contributed by atoms with Gasteiger partial charge < -0.3 is 10.0 Å². The Hall–Kier alpha value is -0.860. The van der Waals surface area contributed by atoms with Crippen LogP contribution in [0.5, 0.6) is 0 Å². The molecule has 0 spiro atoms. The van der Waals surface area contributed by atoms with Crippen molar-refractivity contribution in [1.29, 1.82) is 0 Å². The third-order valence-electron chi connectivity index (χ3n) is 2.87. The van der Waals surface area contributed by atoms with Crippen LogP contribution >= 0.6 is 0 Å². The first-order chi connectivity index (χ1) is 7.90. The van der Waals surface area contributed by atoms with E-state index in [1.165, 1.54) is 11.1 Å². The van der Waals surface area contributed by atoms with Crippen molar-refractivity contribution in [3.8, 4) is 0 Å². The van der Waals surface area contributed by atoms with E-state index in [0.29, 0.717) is 6.54 Å². The van der Waals surface area contributed by atoms with E-state index in [4.69, 9.17) is 0 Å². The first kappa shape index (κ1) is 14.2. The van der Waals surface area contributed by atoms with Crippen molar-refractivity contribution in [2.24, 2.45) is 0 Å². The smallest absolute Gasteiger partial charge is 0.0718 e. The van der Waals surface area contributed by atoms with Crippen LogP contribution in [0.3, 0.4) is 0 Å². The van der Waals surface area contributed by atoms with Crippen LogP contribution < -0.4 is 0 Å². The van der Waals surface area contributed by atoms with Gasteiger partial charge >= 0.3 is 0 Å². The normalized spacial score (nSPS) is 12.1. The minimum Gasteiger partial charge on any atom is -0.389 e. The highest BCUT2D eigenvalue weighted by atomic mass is 16.3. The van der Waals surface area contributed by atoms with Gasteiger partial charge in [-0.25, -0.2) is 0 Å². The molecule has 0 aromatic heterocycles. The van der Waals surface area contributed by atoms with Gasteiger partial charge in [-0.2, -0.15) is 0 Å². The molecule has 0 unspecified atom stereocenters. The highest BCUT2D eigenvalue weighted by Crippen LogP contribution is 2.08. The lowest BCUT2D eigenvalue weighted by atomic mass is 10.1. The van der Waals surface area contributed by atoms with Gasteiger partial charge in [0.1, 0.15) is 0 Å². The van der Waals surface area contributed by atoms with Crippen LogP contribution in [0.1, 0.15) is 31.9 Å². The summed E-state index contributed by atoms with van der Waals surface area (Å²) in [5.74, 6) is 0. The molecule has 17 heavy (non-hydrogen) atoms. The van der Waals surface area contributed by atoms with E-state index in [1.807, 2.05) is 13.8 Å². The number of likely N-dealkylation sites (N-methyl/N-ethyl adjacent to an activating group) is 1. The van der Waals surface area contributed by atoms with Gasteiger partial charge in [-0.05, 0) is 44.9 Å². The molecule has 2 nitrogen and oxygen atoms in total. The lowest BCUT2D eigenvalue weighted by Crippen LogP contribution is -2.37. The molecule has 96 valence electrons. The molecule has 1 N–H and O–H groups in total. The molecule has 0 aliphatic rings. The molecule has 0 amide bonds. The monoisotopic (exact) mass is 235 g/mol. The van der Waals surface area contributed by atoms with Crippen molar-refractivity contribution in [1.82, 2.24) is 4.90 Å². The lowest BCUT2D eigenvalue weighted by molar-refractivity contribution is 0.0450. The zero-order valence-corrected chi connectivity index (χ0v) is 11.5. The van der Waals surface area contributed by atoms with E-state index < -0.39 is 5.60 Å². The average Bonchev–Trinajstić information content (AvgIpc) is 2.25. The van der Waals surface area contributed by atoms with E-state index in [0.717, 1.165) is 19.4 Å². The van der Waals surface area contributed by atoms with Crippen LogP contribution in [0, 0.1) is 0 Å². The fraction of sp³-hybridized carbons (Fsp3) is 0.600. The minimum absolute atomic E-state index is 0.610. The third-order valence-corrected chi connectivity index (χ3v) is 2.87. The Bertz CT molecular complexity index is 324. The predicted molar refractivity (Wildman–Crippen MR) is 73.3 cm³/mol. The standard InChI is InChI=1S/C15H25NO/c1-5-13-6-8-14(9-7-13)10-11-16(4)12-15(2,3)17/h6-9,17H,5,10-12H2,1-4H3. The number of aliphatic hydroxyl groups is 1. The second kappa shape index (κ2) is 6.18. The number of benzene rings is 1. The maximum Gasteiger partial charge on any atom is 0.0718 e. The number of hydrogen-bond acceptors (Lipinski definition) is 2. The SMILES string of the molecule is CCc1ccc(CCN(C)CC(C)(C)O)cc1. The number of aryl methyl sites for hydroxylation is 1. The average molecular weight is 235 g/mol. The van der Waals surface area contributed by atoms with Gasteiger partial charge in [0.2, 0.25) is 0 Å². The summed E-state index contributed by atoms with van der Waals surface area (Å²) in [5, 5.41) is 9.71. The van der Waals surface area contributed by atoms with Crippen molar-refractivity contribution < 1.29 is 5.11 Å². The molecule has 0 atom stereocenters. The molecular formula is C15H25NO. The van der Waals surface area contributed by atoms with Crippen molar-refractivity contribution in [3.05, 3.63) is 35.4 Å². The zero-order valence-electron chi connectivity index (χ0n) is 11.5. The molecule has 0 saturated carbocycles. The molecule has 0 radical (unpaired) electrons. The summed E-state index contributed by atoms with van der Waals surface area (Å²) in [4.78, 5) is 2.17. The lowest BCUT2D eigenvalue weighted by Gasteiger charge is -2.25. The molecule has 0 bridgehead atoms. The first-order valence-electron chi connectivity index (χ1n) is 6.39. The Labute approximate surface area is 105 Å². The Morgan fingerprint density at radius 1 is 1.12 bits per heavy atom. The molecule has 0 aliphatic heterocycles. The molecule has 1 aromatic rings. The largest absolute Gasteiger partial charge is 0.389 e. The molecule has 0 aliphatic carbocycles. The van der Waals surface area contributed by atoms with E-state index >= 15 is 0 Å². The number of rotatable bonds is 6.